The van der Waals surface area contributed by atoms with Crippen LogP contribution >= 0.6 is 51.7 Å². The quantitative estimate of drug-likeness (QED) is 0.561. The van der Waals surface area contributed by atoms with Gasteiger partial charge >= 0.3 is 6.00 Å². The van der Waals surface area contributed by atoms with Crippen LogP contribution in [-0.2, 0) is 4.57 Å². The van der Waals surface area contributed by atoms with Crippen molar-refractivity contribution in [2.24, 2.45) is 0 Å². The Bertz CT molecular complexity index is 189. The number of halogens is 4. The van der Waals surface area contributed by atoms with Gasteiger partial charge in [-0.1, -0.05) is 0 Å². The van der Waals surface area contributed by atoms with Crippen LogP contribution in [0.2, 0.25) is 0 Å². The van der Waals surface area contributed by atoms with Crippen molar-refractivity contribution in [3.63, 3.8) is 0 Å². The lowest BCUT2D eigenvalue weighted by Gasteiger charge is -2.19. The van der Waals surface area contributed by atoms with Gasteiger partial charge in [0.2, 0.25) is 0 Å². The zero-order valence-corrected chi connectivity index (χ0v) is 9.30. The molecule has 0 aliphatic rings. The van der Waals surface area contributed by atoms with E-state index in [9.17, 15) is 4.57 Å². The van der Waals surface area contributed by atoms with Crippen molar-refractivity contribution in [3.8, 4) is 0 Å². The van der Waals surface area contributed by atoms with E-state index >= 15 is 0 Å². The molecule has 2 nitrogen and oxygen atoms in total. The molecule has 0 saturated heterocycles. The highest BCUT2D eigenvalue weighted by Gasteiger charge is 2.23. The summed E-state index contributed by atoms with van der Waals surface area (Å²) in [5.41, 5.74) is 0. The minimum absolute atomic E-state index is 0.0894. The fraction of sp³-hybridized carbons (Fsp3) is 1.00. The maximum atomic E-state index is 11.2. The van der Waals surface area contributed by atoms with Crippen LogP contribution in [0.25, 0.3) is 0 Å². The summed E-state index contributed by atoms with van der Waals surface area (Å²) in [7, 11) is 0. The van der Waals surface area contributed by atoms with Crippen LogP contribution in [0.5, 0.6) is 0 Å². The number of hydrogen-bond acceptors (Lipinski definition) is 1. The topological polar surface area (TPSA) is 20.3 Å². The predicted molar refractivity (Wildman–Crippen MR) is 52.3 cm³/mol. The number of nitrogens with zero attached hydrogens (tertiary/aromatic N) is 1. The van der Waals surface area contributed by atoms with Crippen LogP contribution in [0.1, 0.15) is 2.74 Å². The molecule has 0 fully saturated rings. The molecule has 0 spiro atoms. The van der Waals surface area contributed by atoms with Crippen molar-refractivity contribution in [2.75, 3.05) is 24.8 Å². The molecule has 2 atom stereocenters. The van der Waals surface area contributed by atoms with Gasteiger partial charge in [0.05, 0.1) is 0 Å². The van der Waals surface area contributed by atoms with E-state index in [1.807, 2.05) is 0 Å². The average Bonchev–Trinajstić information content (AvgIpc) is 1.81. The number of alkyl halides is 2. The summed E-state index contributed by atoms with van der Waals surface area (Å²) in [4.78, 5) is 0. The molecular formula is C4H8Cl4NOP. The van der Waals surface area contributed by atoms with Gasteiger partial charge < -0.3 is 0 Å². The summed E-state index contributed by atoms with van der Waals surface area (Å²) in [6.07, 6.45) is 0. The lowest BCUT2D eigenvalue weighted by molar-refractivity contribution is 0.470. The van der Waals surface area contributed by atoms with Gasteiger partial charge in [-0.05, 0) is 22.5 Å². The number of rotatable bonds is 5. The molecule has 0 rings (SSSR count). The summed E-state index contributed by atoms with van der Waals surface area (Å²) in [5, 5.41) is 0. The molecule has 0 N–H and O–H groups in total. The largest absolute Gasteiger partial charge is 0.322 e. The van der Waals surface area contributed by atoms with E-state index in [0.717, 1.165) is 4.67 Å². The Morgan fingerprint density at radius 3 is 1.82 bits per heavy atom. The molecule has 0 radical (unpaired) electrons. The predicted octanol–water partition coefficient (Wildman–Crippen LogP) is 3.35. The van der Waals surface area contributed by atoms with Gasteiger partial charge in [0.15, 0.2) is 0 Å². The van der Waals surface area contributed by atoms with Gasteiger partial charge in [-0.25, -0.2) is 4.67 Å². The SMILES string of the molecule is [3H]C(Cl)CN(CC([3H])Cl)[33P](=O)(Cl)Cl. The van der Waals surface area contributed by atoms with Gasteiger partial charge in [-0.15, -0.1) is 23.2 Å². The molecule has 2 unspecified atom stereocenters. The van der Waals surface area contributed by atoms with Crippen molar-refractivity contribution in [1.29, 1.82) is 0 Å². The Hall–Kier alpha value is 1.35. The minimum Gasteiger partial charge on any atom is -0.271 e. The maximum Gasteiger partial charge on any atom is 0.322 e. The Morgan fingerprint density at radius 1 is 1.27 bits per heavy atom. The van der Waals surface area contributed by atoms with E-state index < -0.39 is 17.7 Å². The Balaban J connectivity index is 4.29. The first-order valence-corrected chi connectivity index (χ1v) is 6.95. The molecule has 0 aliphatic carbocycles. The summed E-state index contributed by atoms with van der Waals surface area (Å²) in [6.45, 7) is -0.179. The summed E-state index contributed by atoms with van der Waals surface area (Å²) >= 11 is 21.4. The second-order valence-corrected chi connectivity index (χ2v) is 6.94. The molecule has 0 amide bonds. The van der Waals surface area contributed by atoms with E-state index in [1.54, 1.807) is 0 Å². The molecule has 0 aromatic rings. The Labute approximate surface area is 88.5 Å². The third-order valence-electron chi connectivity index (χ3n) is 0.889. The smallest absolute Gasteiger partial charge is 0.271 e. The second kappa shape index (κ2) is 5.90. The van der Waals surface area contributed by atoms with Gasteiger partial charge in [0.1, 0.15) is 0 Å². The fourth-order valence-electron chi connectivity index (χ4n) is 0.424. The molecule has 0 aliphatic heterocycles. The highest BCUT2D eigenvalue weighted by molar-refractivity contribution is 8.06. The van der Waals surface area contributed by atoms with Crippen molar-refractivity contribution >= 4 is 51.7 Å². The molecule has 0 aromatic carbocycles. The monoisotopic (exact) mass is 263 g/mol. The molecule has 0 bridgehead atoms. The van der Waals surface area contributed by atoms with E-state index in [1.165, 1.54) is 0 Å². The van der Waals surface area contributed by atoms with Crippen molar-refractivity contribution in [3.05, 3.63) is 0 Å². The van der Waals surface area contributed by atoms with Crippen LogP contribution in [0.3, 0.4) is 0 Å². The van der Waals surface area contributed by atoms with Crippen molar-refractivity contribution in [1.82, 2.24) is 4.67 Å². The van der Waals surface area contributed by atoms with Gasteiger partial charge in [-0.3, -0.25) is 4.57 Å². The Kier molecular flexibility index (Phi) is 4.79. The first-order valence-electron chi connectivity index (χ1n) is 3.76. The van der Waals surface area contributed by atoms with E-state index in [2.05, 4.69) is 0 Å². The lowest BCUT2D eigenvalue weighted by atomic mass is 10.7. The fourth-order valence-corrected chi connectivity index (χ4v) is 2.23. The average molecular weight is 265 g/mol. The molecular weight excluding hydrogens is 253 g/mol. The number of hydrogen-bond donors (Lipinski definition) is 0. The molecule has 11 heavy (non-hydrogen) atoms. The summed E-state index contributed by atoms with van der Waals surface area (Å²) in [6, 6.07) is 0. The van der Waals surface area contributed by atoms with Crippen LogP contribution in [0.15, 0.2) is 0 Å². The van der Waals surface area contributed by atoms with Gasteiger partial charge in [0, 0.05) is 27.5 Å². The van der Waals surface area contributed by atoms with E-state index in [4.69, 9.17) is 48.4 Å². The minimum atomic E-state index is -3.51. The first kappa shape index (κ1) is 8.93. The van der Waals surface area contributed by atoms with Crippen molar-refractivity contribution < 1.29 is 7.31 Å². The highest BCUT2D eigenvalue weighted by Crippen LogP contribution is 2.59. The van der Waals surface area contributed by atoms with E-state index in [-0.39, 0.29) is 13.1 Å². The van der Waals surface area contributed by atoms with Crippen LogP contribution in [0.4, 0.5) is 0 Å². The molecule has 68 valence electrons. The third-order valence-corrected chi connectivity index (χ3v) is 3.43. The van der Waals surface area contributed by atoms with Crippen molar-refractivity contribution in [2.45, 2.75) is 0 Å². The van der Waals surface area contributed by atoms with Crippen LogP contribution in [0, 0.1) is 0 Å². The highest BCUT2D eigenvalue weighted by atomic mass is 36.1. The molecule has 0 saturated carbocycles. The zero-order valence-electron chi connectivity index (χ0n) is 7.38. The van der Waals surface area contributed by atoms with Gasteiger partial charge in [0.25, 0.3) is 0 Å². The normalized spacial score (nSPS) is 20.8. The second-order valence-electron chi connectivity index (χ2n) is 1.61. The maximum absolute atomic E-state index is 11.2. The first-order chi connectivity index (χ1) is 5.73. The van der Waals surface area contributed by atoms with Crippen LogP contribution in [-0.4, -0.2) is 29.5 Å². The van der Waals surface area contributed by atoms with Crippen LogP contribution < -0.4 is 0 Å². The summed E-state index contributed by atoms with van der Waals surface area (Å²) < 4.78 is 26.2. The van der Waals surface area contributed by atoms with E-state index in [0.29, 0.717) is 0 Å². The van der Waals surface area contributed by atoms with Gasteiger partial charge in [-0.2, -0.15) is 0 Å². The summed E-state index contributed by atoms with van der Waals surface area (Å²) in [5.74, 6) is -5.51. The molecule has 0 heterocycles. The zero-order chi connectivity index (χ0) is 10.6. The standard InChI is InChI=1S/C4H8Cl4NOP/c5-1-3-9(4-2-6)11(7,8)10/h1-4H2/i1T,2T,11+2. The molecule has 0 aromatic heterocycles. The lowest BCUT2D eigenvalue weighted by Crippen LogP contribution is -2.21. The molecule has 7 heteroatoms. The third kappa shape index (κ3) is 5.57. The Morgan fingerprint density at radius 2 is 1.64 bits per heavy atom.